The van der Waals surface area contributed by atoms with Crippen LogP contribution < -0.4 is 15.4 Å². The summed E-state index contributed by atoms with van der Waals surface area (Å²) in [6.07, 6.45) is 0.896. The van der Waals surface area contributed by atoms with Gasteiger partial charge in [0.2, 0.25) is 0 Å². The fraction of sp³-hybridized carbons (Fsp3) is 0.353. The van der Waals surface area contributed by atoms with Crippen molar-refractivity contribution in [3.63, 3.8) is 0 Å². The number of nitrogens with zero attached hydrogens (tertiary/aromatic N) is 1. The van der Waals surface area contributed by atoms with E-state index in [0.717, 1.165) is 31.2 Å². The lowest BCUT2D eigenvalue weighted by Crippen LogP contribution is -2.38. The minimum atomic E-state index is 0. The van der Waals surface area contributed by atoms with Gasteiger partial charge in [0.25, 0.3) is 0 Å². The van der Waals surface area contributed by atoms with Crippen molar-refractivity contribution in [1.29, 1.82) is 0 Å². The topological polar surface area (TPSA) is 45.7 Å². The minimum absolute atomic E-state index is 0. The first kappa shape index (κ1) is 19.8. The fourth-order valence-corrected chi connectivity index (χ4v) is 2.78. The molecule has 2 aromatic rings. The number of halogens is 1. The average Bonchev–Trinajstić information content (AvgIpc) is 3.06. The maximum absolute atomic E-state index is 5.37. The second-order valence-electron chi connectivity index (χ2n) is 4.82. The molecule has 126 valence electrons. The molecule has 0 aliphatic carbocycles. The maximum Gasteiger partial charge on any atom is 0.191 e. The Bertz CT molecular complexity index is 587. The first-order chi connectivity index (χ1) is 10.8. The molecule has 0 saturated carbocycles. The summed E-state index contributed by atoms with van der Waals surface area (Å²) in [6, 6.07) is 10.2. The van der Waals surface area contributed by atoms with E-state index in [1.807, 2.05) is 18.2 Å². The summed E-state index contributed by atoms with van der Waals surface area (Å²) in [5, 5.41) is 10.8. The Morgan fingerprint density at radius 3 is 2.74 bits per heavy atom. The zero-order chi connectivity index (χ0) is 15.6. The highest BCUT2D eigenvalue weighted by Crippen LogP contribution is 2.17. The number of methoxy groups -OCH3 is 1. The third kappa shape index (κ3) is 6.78. The minimum Gasteiger partial charge on any atom is -0.496 e. The zero-order valence-corrected chi connectivity index (χ0v) is 16.7. The molecular weight excluding hydrogens is 421 g/mol. The molecule has 1 aromatic carbocycles. The van der Waals surface area contributed by atoms with Gasteiger partial charge in [-0.3, -0.25) is 0 Å². The van der Waals surface area contributed by atoms with Gasteiger partial charge in [0.1, 0.15) is 5.75 Å². The first-order valence-corrected chi connectivity index (χ1v) is 8.43. The van der Waals surface area contributed by atoms with E-state index in [9.17, 15) is 0 Å². The van der Waals surface area contributed by atoms with Gasteiger partial charge >= 0.3 is 0 Å². The van der Waals surface area contributed by atoms with Crippen LogP contribution >= 0.6 is 35.3 Å². The number of guanidine groups is 1. The Balaban J connectivity index is 0.00000264. The molecule has 0 bridgehead atoms. The number of para-hydroxylation sites is 1. The Hall–Kier alpha value is -1.28. The molecule has 1 aromatic heterocycles. The predicted molar refractivity (Wildman–Crippen MR) is 109 cm³/mol. The molecular formula is C17H24IN3OS. The number of hydrogen-bond donors (Lipinski definition) is 2. The van der Waals surface area contributed by atoms with E-state index in [1.165, 1.54) is 11.1 Å². The first-order valence-electron chi connectivity index (χ1n) is 7.48. The number of rotatable bonds is 7. The molecule has 4 nitrogen and oxygen atoms in total. The van der Waals surface area contributed by atoms with Crippen molar-refractivity contribution in [2.75, 3.05) is 20.2 Å². The molecule has 6 heteroatoms. The SMILES string of the molecule is CCNC(=NCc1ccsc1)NCCc1ccccc1OC.I. The van der Waals surface area contributed by atoms with Crippen LogP contribution in [0.1, 0.15) is 18.1 Å². The lowest BCUT2D eigenvalue weighted by atomic mass is 10.1. The molecule has 0 amide bonds. The summed E-state index contributed by atoms with van der Waals surface area (Å²) in [6.45, 7) is 4.44. The summed E-state index contributed by atoms with van der Waals surface area (Å²) in [5.41, 5.74) is 2.44. The van der Waals surface area contributed by atoms with Crippen molar-refractivity contribution in [3.05, 3.63) is 52.2 Å². The average molecular weight is 445 g/mol. The van der Waals surface area contributed by atoms with Gasteiger partial charge in [-0.1, -0.05) is 18.2 Å². The monoisotopic (exact) mass is 445 g/mol. The van der Waals surface area contributed by atoms with Gasteiger partial charge in [-0.05, 0) is 47.4 Å². The summed E-state index contributed by atoms with van der Waals surface area (Å²) in [7, 11) is 1.71. The van der Waals surface area contributed by atoms with Crippen LogP contribution in [0.25, 0.3) is 0 Å². The third-order valence-corrected chi connectivity index (χ3v) is 3.96. The van der Waals surface area contributed by atoms with Crippen LogP contribution in [0.4, 0.5) is 0 Å². The molecule has 0 aliphatic rings. The fourth-order valence-electron chi connectivity index (χ4n) is 2.12. The molecule has 2 N–H and O–H groups in total. The van der Waals surface area contributed by atoms with Crippen LogP contribution in [0.3, 0.4) is 0 Å². The van der Waals surface area contributed by atoms with Crippen LogP contribution in [0.15, 0.2) is 46.1 Å². The standard InChI is InChI=1S/C17H23N3OS.HI/c1-3-18-17(20-12-14-9-11-22-13-14)19-10-8-15-6-4-5-7-16(15)21-2;/h4-7,9,11,13H,3,8,10,12H2,1-2H3,(H2,18,19,20);1H. The van der Waals surface area contributed by atoms with E-state index >= 15 is 0 Å². The van der Waals surface area contributed by atoms with Crippen molar-refractivity contribution in [3.8, 4) is 5.75 Å². The molecule has 0 saturated heterocycles. The summed E-state index contributed by atoms with van der Waals surface area (Å²) in [5.74, 6) is 1.79. The van der Waals surface area contributed by atoms with Gasteiger partial charge in [-0.15, -0.1) is 24.0 Å². The number of thiophene rings is 1. The van der Waals surface area contributed by atoms with Gasteiger partial charge in [-0.2, -0.15) is 11.3 Å². The molecule has 23 heavy (non-hydrogen) atoms. The zero-order valence-electron chi connectivity index (χ0n) is 13.5. The van der Waals surface area contributed by atoms with Crippen molar-refractivity contribution >= 4 is 41.3 Å². The Kier molecular flexibility index (Phi) is 9.70. The molecule has 0 unspecified atom stereocenters. The quantitative estimate of drug-likeness (QED) is 0.389. The number of aliphatic imine (C=N–C) groups is 1. The van der Waals surface area contributed by atoms with E-state index in [1.54, 1.807) is 18.4 Å². The lowest BCUT2D eigenvalue weighted by molar-refractivity contribution is 0.409. The Morgan fingerprint density at radius 2 is 2.04 bits per heavy atom. The van der Waals surface area contributed by atoms with Crippen molar-refractivity contribution < 1.29 is 4.74 Å². The Morgan fingerprint density at radius 1 is 1.22 bits per heavy atom. The van der Waals surface area contributed by atoms with E-state index in [0.29, 0.717) is 6.54 Å². The second-order valence-corrected chi connectivity index (χ2v) is 5.60. The Labute approximate surface area is 159 Å². The molecule has 0 atom stereocenters. The van der Waals surface area contributed by atoms with Crippen molar-refractivity contribution in [1.82, 2.24) is 10.6 Å². The van der Waals surface area contributed by atoms with Gasteiger partial charge in [0.15, 0.2) is 5.96 Å². The second kappa shape index (κ2) is 11.3. The van der Waals surface area contributed by atoms with Gasteiger partial charge in [0, 0.05) is 13.1 Å². The van der Waals surface area contributed by atoms with E-state index in [4.69, 9.17) is 4.74 Å². The highest BCUT2D eigenvalue weighted by molar-refractivity contribution is 14.0. The molecule has 0 spiro atoms. The largest absolute Gasteiger partial charge is 0.496 e. The van der Waals surface area contributed by atoms with Crippen molar-refractivity contribution in [2.45, 2.75) is 19.9 Å². The predicted octanol–water partition coefficient (Wildman–Crippen LogP) is 3.67. The maximum atomic E-state index is 5.37. The number of nitrogens with one attached hydrogen (secondary N) is 2. The van der Waals surface area contributed by atoms with Crippen LogP contribution in [-0.4, -0.2) is 26.2 Å². The van der Waals surface area contributed by atoms with E-state index in [2.05, 4.69) is 45.4 Å². The molecule has 0 radical (unpaired) electrons. The van der Waals surface area contributed by atoms with Crippen LogP contribution in [-0.2, 0) is 13.0 Å². The number of benzene rings is 1. The van der Waals surface area contributed by atoms with Crippen LogP contribution in [0, 0.1) is 0 Å². The summed E-state index contributed by atoms with van der Waals surface area (Å²) in [4.78, 5) is 4.60. The molecule has 2 rings (SSSR count). The highest BCUT2D eigenvalue weighted by atomic mass is 127. The van der Waals surface area contributed by atoms with Crippen molar-refractivity contribution in [2.24, 2.45) is 4.99 Å². The summed E-state index contributed by atoms with van der Waals surface area (Å²) >= 11 is 1.70. The molecule has 0 aliphatic heterocycles. The lowest BCUT2D eigenvalue weighted by Gasteiger charge is -2.12. The normalized spacial score (nSPS) is 10.8. The van der Waals surface area contributed by atoms with Gasteiger partial charge < -0.3 is 15.4 Å². The van der Waals surface area contributed by atoms with Crippen LogP contribution in [0.5, 0.6) is 5.75 Å². The van der Waals surface area contributed by atoms with E-state index < -0.39 is 0 Å². The highest BCUT2D eigenvalue weighted by Gasteiger charge is 2.02. The van der Waals surface area contributed by atoms with Gasteiger partial charge in [-0.25, -0.2) is 4.99 Å². The summed E-state index contributed by atoms with van der Waals surface area (Å²) < 4.78 is 5.37. The number of hydrogen-bond acceptors (Lipinski definition) is 3. The molecule has 0 fully saturated rings. The van der Waals surface area contributed by atoms with Gasteiger partial charge in [0.05, 0.1) is 13.7 Å². The number of ether oxygens (including phenoxy) is 1. The third-order valence-electron chi connectivity index (χ3n) is 3.22. The van der Waals surface area contributed by atoms with Crippen LogP contribution in [0.2, 0.25) is 0 Å². The molecule has 1 heterocycles. The van der Waals surface area contributed by atoms with E-state index in [-0.39, 0.29) is 24.0 Å². The smallest absolute Gasteiger partial charge is 0.191 e.